The van der Waals surface area contributed by atoms with Crippen LogP contribution in [0.3, 0.4) is 0 Å². The van der Waals surface area contributed by atoms with Crippen molar-refractivity contribution in [2.24, 2.45) is 0 Å². The number of fused-ring (bicyclic) bond motifs is 2. The lowest BCUT2D eigenvalue weighted by Gasteiger charge is -2.02. The molecule has 0 bridgehead atoms. The third kappa shape index (κ3) is 1.46. The van der Waals surface area contributed by atoms with Gasteiger partial charge in [-0.2, -0.15) is 5.10 Å². The molecule has 5 heteroatoms. The number of nitrogens with zero attached hydrogens (tertiary/aromatic N) is 3. The van der Waals surface area contributed by atoms with Crippen LogP contribution < -0.4 is 5.43 Å². The molecule has 0 atom stereocenters. The second-order valence-electron chi connectivity index (χ2n) is 4.41. The van der Waals surface area contributed by atoms with E-state index in [9.17, 15) is 4.79 Å². The maximum atomic E-state index is 12.4. The van der Waals surface area contributed by atoms with Gasteiger partial charge in [0.25, 0.3) is 0 Å². The molecule has 4 rings (SSSR count). The molecule has 4 aromatic rings. The summed E-state index contributed by atoms with van der Waals surface area (Å²) in [5.41, 5.74) is 1.69. The van der Waals surface area contributed by atoms with Crippen molar-refractivity contribution >= 4 is 22.1 Å². The Labute approximate surface area is 113 Å². The van der Waals surface area contributed by atoms with E-state index >= 15 is 0 Å². The van der Waals surface area contributed by atoms with Gasteiger partial charge in [-0.15, -0.1) is 0 Å². The van der Waals surface area contributed by atoms with Gasteiger partial charge < -0.3 is 4.42 Å². The zero-order valence-electron chi connectivity index (χ0n) is 10.4. The molecule has 1 aromatic carbocycles. The van der Waals surface area contributed by atoms with Gasteiger partial charge in [-0.1, -0.05) is 18.2 Å². The molecule has 5 nitrogen and oxygen atoms in total. The summed E-state index contributed by atoms with van der Waals surface area (Å²) in [5, 5.41) is 5.17. The Morgan fingerprint density at radius 1 is 1.00 bits per heavy atom. The summed E-state index contributed by atoms with van der Waals surface area (Å²) in [7, 11) is 0. The van der Waals surface area contributed by atoms with Crippen LogP contribution in [0.1, 0.15) is 0 Å². The minimum absolute atomic E-state index is 0.114. The SMILES string of the molecule is O=c1c2cnccc2oc2c1cnn2-c1ccccc1. The molecule has 0 spiro atoms. The first kappa shape index (κ1) is 10.9. The molecular weight excluding hydrogens is 254 g/mol. The lowest BCUT2D eigenvalue weighted by molar-refractivity contribution is 0.621. The van der Waals surface area contributed by atoms with Crippen LogP contribution in [-0.2, 0) is 0 Å². The van der Waals surface area contributed by atoms with E-state index in [0.717, 1.165) is 5.69 Å². The summed E-state index contributed by atoms with van der Waals surface area (Å²) in [6, 6.07) is 11.2. The van der Waals surface area contributed by atoms with Crippen LogP contribution in [0.5, 0.6) is 0 Å². The predicted molar refractivity (Wildman–Crippen MR) is 74.9 cm³/mol. The smallest absolute Gasteiger partial charge is 0.233 e. The average molecular weight is 263 g/mol. The van der Waals surface area contributed by atoms with Gasteiger partial charge in [-0.3, -0.25) is 9.78 Å². The van der Waals surface area contributed by atoms with E-state index in [2.05, 4.69) is 10.1 Å². The fourth-order valence-corrected chi connectivity index (χ4v) is 2.23. The first-order valence-electron chi connectivity index (χ1n) is 6.14. The van der Waals surface area contributed by atoms with Crippen LogP contribution in [0.2, 0.25) is 0 Å². The summed E-state index contributed by atoms with van der Waals surface area (Å²) >= 11 is 0. The van der Waals surface area contributed by atoms with Crippen molar-refractivity contribution in [3.8, 4) is 5.69 Å². The third-order valence-corrected chi connectivity index (χ3v) is 3.20. The number of aromatic nitrogens is 3. The van der Waals surface area contributed by atoms with Crippen molar-refractivity contribution in [2.75, 3.05) is 0 Å². The molecule has 0 aliphatic rings. The van der Waals surface area contributed by atoms with Gasteiger partial charge in [0.05, 0.1) is 17.3 Å². The lowest BCUT2D eigenvalue weighted by Crippen LogP contribution is -2.02. The number of hydrogen-bond donors (Lipinski definition) is 0. The second kappa shape index (κ2) is 4.03. The van der Waals surface area contributed by atoms with Gasteiger partial charge in [0.2, 0.25) is 11.1 Å². The molecule has 0 unspecified atom stereocenters. The molecule has 0 saturated carbocycles. The molecule has 0 aliphatic carbocycles. The van der Waals surface area contributed by atoms with Crippen molar-refractivity contribution in [3.63, 3.8) is 0 Å². The molecule has 3 heterocycles. The molecule has 96 valence electrons. The summed E-state index contributed by atoms with van der Waals surface area (Å²) < 4.78 is 7.43. The Balaban J connectivity index is 2.14. The standard InChI is InChI=1S/C15H9N3O2/c19-14-11-8-16-7-6-13(11)20-15-12(14)9-17-18(15)10-4-2-1-3-5-10/h1-9H. The van der Waals surface area contributed by atoms with E-state index < -0.39 is 0 Å². The molecule has 20 heavy (non-hydrogen) atoms. The number of para-hydroxylation sites is 1. The highest BCUT2D eigenvalue weighted by Crippen LogP contribution is 2.20. The summed E-state index contributed by atoms with van der Waals surface area (Å²) in [5.74, 6) is 0. The molecule has 0 amide bonds. The second-order valence-corrected chi connectivity index (χ2v) is 4.41. The first-order chi connectivity index (χ1) is 9.84. The van der Waals surface area contributed by atoms with E-state index in [1.807, 2.05) is 30.3 Å². The van der Waals surface area contributed by atoms with Gasteiger partial charge in [0.1, 0.15) is 11.0 Å². The van der Waals surface area contributed by atoms with Gasteiger partial charge >= 0.3 is 0 Å². The topological polar surface area (TPSA) is 60.9 Å². The fraction of sp³-hybridized carbons (Fsp3) is 0. The Hall–Kier alpha value is -2.95. The summed E-state index contributed by atoms with van der Waals surface area (Å²) in [4.78, 5) is 16.3. The summed E-state index contributed by atoms with van der Waals surface area (Å²) in [6.07, 6.45) is 4.64. The van der Waals surface area contributed by atoms with Gasteiger partial charge in [0, 0.05) is 12.4 Å². The predicted octanol–water partition coefficient (Wildman–Crippen LogP) is 2.53. The van der Waals surface area contributed by atoms with Crippen molar-refractivity contribution in [2.45, 2.75) is 0 Å². The quantitative estimate of drug-likeness (QED) is 0.529. The number of benzene rings is 1. The van der Waals surface area contributed by atoms with Crippen LogP contribution in [0, 0.1) is 0 Å². The van der Waals surface area contributed by atoms with Gasteiger partial charge in [-0.25, -0.2) is 4.68 Å². The largest absolute Gasteiger partial charge is 0.437 e. The van der Waals surface area contributed by atoms with Crippen molar-refractivity contribution in [1.29, 1.82) is 0 Å². The zero-order valence-corrected chi connectivity index (χ0v) is 10.4. The highest BCUT2D eigenvalue weighted by atomic mass is 16.3. The Morgan fingerprint density at radius 3 is 2.70 bits per heavy atom. The summed E-state index contributed by atoms with van der Waals surface area (Å²) in [6.45, 7) is 0. The van der Waals surface area contributed by atoms with Crippen molar-refractivity contribution in [1.82, 2.24) is 14.8 Å². The minimum Gasteiger partial charge on any atom is -0.437 e. The van der Waals surface area contributed by atoms with Gasteiger partial charge in [0.15, 0.2) is 0 Å². The van der Waals surface area contributed by atoms with Crippen molar-refractivity contribution < 1.29 is 4.42 Å². The molecule has 0 fully saturated rings. The average Bonchev–Trinajstić information content (AvgIpc) is 2.92. The van der Waals surface area contributed by atoms with Gasteiger partial charge in [-0.05, 0) is 18.2 Å². The zero-order chi connectivity index (χ0) is 13.5. The van der Waals surface area contributed by atoms with Crippen LogP contribution in [-0.4, -0.2) is 14.8 Å². The number of rotatable bonds is 1. The van der Waals surface area contributed by atoms with E-state index in [4.69, 9.17) is 4.42 Å². The number of hydrogen-bond acceptors (Lipinski definition) is 4. The third-order valence-electron chi connectivity index (χ3n) is 3.20. The minimum atomic E-state index is -0.114. The van der Waals surface area contributed by atoms with E-state index in [1.54, 1.807) is 16.9 Å². The molecule has 0 N–H and O–H groups in total. The molecule has 3 aromatic heterocycles. The Bertz CT molecular complexity index is 971. The fourth-order valence-electron chi connectivity index (χ4n) is 2.23. The van der Waals surface area contributed by atoms with Crippen LogP contribution in [0.4, 0.5) is 0 Å². The highest BCUT2D eigenvalue weighted by Gasteiger charge is 2.13. The monoisotopic (exact) mass is 263 g/mol. The normalized spacial score (nSPS) is 11.2. The number of pyridine rings is 1. The van der Waals surface area contributed by atoms with Crippen LogP contribution in [0.15, 0.2) is 64.2 Å². The van der Waals surface area contributed by atoms with Crippen LogP contribution >= 0.6 is 0 Å². The molecule has 0 aliphatic heterocycles. The van der Waals surface area contributed by atoms with Crippen LogP contribution in [0.25, 0.3) is 27.8 Å². The highest BCUT2D eigenvalue weighted by molar-refractivity contribution is 5.87. The van der Waals surface area contributed by atoms with E-state index in [-0.39, 0.29) is 5.43 Å². The maximum Gasteiger partial charge on any atom is 0.233 e. The van der Waals surface area contributed by atoms with E-state index in [1.165, 1.54) is 12.4 Å². The van der Waals surface area contributed by atoms with Crippen molar-refractivity contribution in [3.05, 3.63) is 65.2 Å². The Kier molecular flexibility index (Phi) is 2.20. The lowest BCUT2D eigenvalue weighted by atomic mass is 10.2. The molecule has 0 radical (unpaired) electrons. The van der Waals surface area contributed by atoms with E-state index in [0.29, 0.717) is 22.1 Å². The maximum absolute atomic E-state index is 12.4. The molecular formula is C15H9N3O2. The first-order valence-corrected chi connectivity index (χ1v) is 6.14. The Morgan fingerprint density at radius 2 is 1.85 bits per heavy atom. The molecule has 0 saturated heterocycles.